The van der Waals surface area contributed by atoms with Crippen molar-refractivity contribution in [1.82, 2.24) is 5.32 Å². The number of nitrogens with one attached hydrogen (secondary N) is 1. The van der Waals surface area contributed by atoms with Gasteiger partial charge < -0.3 is 5.32 Å². The quantitative estimate of drug-likeness (QED) is 0.865. The maximum absolute atomic E-state index is 13.5. The molecule has 0 aliphatic rings. The number of benzene rings is 2. The molecule has 20 heavy (non-hydrogen) atoms. The molecule has 2 aromatic carbocycles. The summed E-state index contributed by atoms with van der Waals surface area (Å²) in [6.07, 6.45) is 0.733. The molecule has 0 radical (unpaired) electrons. The van der Waals surface area contributed by atoms with Crippen molar-refractivity contribution in [3.05, 3.63) is 70.2 Å². The summed E-state index contributed by atoms with van der Waals surface area (Å²) in [7, 11) is 0. The van der Waals surface area contributed by atoms with E-state index in [1.165, 1.54) is 6.07 Å². The lowest BCUT2D eigenvalue weighted by Gasteiger charge is -2.15. The molecule has 0 aromatic heterocycles. The first-order chi connectivity index (χ1) is 9.58. The number of hydrogen-bond acceptors (Lipinski definition) is 1. The van der Waals surface area contributed by atoms with Gasteiger partial charge in [-0.3, -0.25) is 0 Å². The zero-order valence-corrected chi connectivity index (χ0v) is 11.9. The van der Waals surface area contributed by atoms with E-state index in [0.717, 1.165) is 23.1 Å². The Morgan fingerprint density at radius 2 is 1.75 bits per heavy atom. The summed E-state index contributed by atoms with van der Waals surface area (Å²) in [6.45, 7) is 2.27. The Morgan fingerprint density at radius 1 is 1.05 bits per heavy atom. The molecule has 1 unspecified atom stereocenters. The van der Waals surface area contributed by atoms with Gasteiger partial charge in [-0.15, -0.1) is 0 Å². The molecule has 0 saturated heterocycles. The average Bonchev–Trinajstić information content (AvgIpc) is 2.43. The molecule has 0 spiro atoms. The molecular formula is C16H16ClF2N. The van der Waals surface area contributed by atoms with Gasteiger partial charge in [-0.05, 0) is 31.0 Å². The van der Waals surface area contributed by atoms with Crippen LogP contribution in [0.25, 0.3) is 0 Å². The minimum atomic E-state index is -0.817. The molecule has 2 rings (SSSR count). The molecule has 0 aliphatic heterocycles. The molecule has 1 nitrogen and oxygen atoms in total. The SMILES string of the molecule is CC(Cc1ccccc1Cl)NCc1cccc(F)c1F. The topological polar surface area (TPSA) is 12.0 Å². The smallest absolute Gasteiger partial charge is 0.163 e. The van der Waals surface area contributed by atoms with E-state index in [2.05, 4.69) is 5.32 Å². The molecule has 1 N–H and O–H groups in total. The maximum atomic E-state index is 13.5. The molecule has 2 aromatic rings. The highest BCUT2D eigenvalue weighted by atomic mass is 35.5. The van der Waals surface area contributed by atoms with Crippen LogP contribution in [0.15, 0.2) is 42.5 Å². The first kappa shape index (κ1) is 14.9. The van der Waals surface area contributed by atoms with E-state index in [1.54, 1.807) is 6.07 Å². The van der Waals surface area contributed by atoms with Crippen molar-refractivity contribution in [2.24, 2.45) is 0 Å². The van der Waals surface area contributed by atoms with Crippen LogP contribution in [0.4, 0.5) is 8.78 Å². The van der Waals surface area contributed by atoms with Gasteiger partial charge in [-0.25, -0.2) is 8.78 Å². The van der Waals surface area contributed by atoms with Crippen molar-refractivity contribution >= 4 is 11.6 Å². The van der Waals surface area contributed by atoms with E-state index >= 15 is 0 Å². The molecule has 0 bridgehead atoms. The highest BCUT2D eigenvalue weighted by molar-refractivity contribution is 6.31. The summed E-state index contributed by atoms with van der Waals surface area (Å²) in [6, 6.07) is 11.9. The van der Waals surface area contributed by atoms with E-state index in [0.29, 0.717) is 5.56 Å². The summed E-state index contributed by atoms with van der Waals surface area (Å²) in [5.41, 5.74) is 1.37. The Labute approximate surface area is 122 Å². The lowest BCUT2D eigenvalue weighted by Crippen LogP contribution is -2.28. The van der Waals surface area contributed by atoms with Crippen LogP contribution in [0.1, 0.15) is 18.1 Å². The molecule has 0 saturated carbocycles. The zero-order chi connectivity index (χ0) is 14.5. The predicted octanol–water partition coefficient (Wildman–Crippen LogP) is 4.34. The minimum Gasteiger partial charge on any atom is -0.310 e. The van der Waals surface area contributed by atoms with Gasteiger partial charge in [0.1, 0.15) is 0 Å². The predicted molar refractivity (Wildman–Crippen MR) is 77.8 cm³/mol. The summed E-state index contributed by atoms with van der Waals surface area (Å²) < 4.78 is 26.6. The molecule has 1 atom stereocenters. The largest absolute Gasteiger partial charge is 0.310 e. The van der Waals surface area contributed by atoms with Gasteiger partial charge in [0.2, 0.25) is 0 Å². The standard InChI is InChI=1S/C16H16ClF2N/c1-11(9-12-5-2-3-7-14(12)17)20-10-13-6-4-8-15(18)16(13)19/h2-8,11,20H,9-10H2,1H3. The van der Waals surface area contributed by atoms with Crippen LogP contribution in [0.2, 0.25) is 5.02 Å². The van der Waals surface area contributed by atoms with Crippen molar-refractivity contribution in [1.29, 1.82) is 0 Å². The van der Waals surface area contributed by atoms with Crippen LogP contribution in [0.5, 0.6) is 0 Å². The van der Waals surface area contributed by atoms with E-state index in [1.807, 2.05) is 31.2 Å². The van der Waals surface area contributed by atoms with E-state index in [9.17, 15) is 8.78 Å². The Hall–Kier alpha value is -1.45. The van der Waals surface area contributed by atoms with Gasteiger partial charge in [0.15, 0.2) is 11.6 Å². The monoisotopic (exact) mass is 295 g/mol. The second-order valence-corrected chi connectivity index (χ2v) is 5.20. The Bertz CT molecular complexity index is 586. The highest BCUT2D eigenvalue weighted by Gasteiger charge is 2.10. The maximum Gasteiger partial charge on any atom is 0.163 e. The molecule has 106 valence electrons. The first-order valence-electron chi connectivity index (χ1n) is 6.47. The highest BCUT2D eigenvalue weighted by Crippen LogP contribution is 2.17. The average molecular weight is 296 g/mol. The number of rotatable bonds is 5. The van der Waals surface area contributed by atoms with E-state index in [-0.39, 0.29) is 12.6 Å². The molecule has 0 amide bonds. The fourth-order valence-corrected chi connectivity index (χ4v) is 2.25. The first-order valence-corrected chi connectivity index (χ1v) is 6.85. The minimum absolute atomic E-state index is 0.109. The third kappa shape index (κ3) is 3.78. The summed E-state index contributed by atoms with van der Waals surface area (Å²) in [4.78, 5) is 0. The van der Waals surface area contributed by atoms with Crippen molar-refractivity contribution in [3.63, 3.8) is 0 Å². The third-order valence-corrected chi connectivity index (χ3v) is 3.53. The van der Waals surface area contributed by atoms with Gasteiger partial charge in [0.05, 0.1) is 0 Å². The van der Waals surface area contributed by atoms with Crippen molar-refractivity contribution in [2.45, 2.75) is 25.9 Å². The molecule has 0 fully saturated rings. The van der Waals surface area contributed by atoms with E-state index in [4.69, 9.17) is 11.6 Å². The Kier molecular flexibility index (Phi) is 5.10. The van der Waals surface area contributed by atoms with E-state index < -0.39 is 11.6 Å². The molecule has 0 aliphatic carbocycles. The van der Waals surface area contributed by atoms with Gasteiger partial charge in [0.25, 0.3) is 0 Å². The van der Waals surface area contributed by atoms with Crippen molar-refractivity contribution in [2.75, 3.05) is 0 Å². The number of halogens is 3. The molecule has 0 heterocycles. The van der Waals surface area contributed by atoms with Crippen LogP contribution in [-0.2, 0) is 13.0 Å². The molecule has 4 heteroatoms. The van der Waals surface area contributed by atoms with Crippen molar-refractivity contribution in [3.8, 4) is 0 Å². The van der Waals surface area contributed by atoms with Crippen LogP contribution in [0, 0.1) is 11.6 Å². The Morgan fingerprint density at radius 3 is 2.50 bits per heavy atom. The third-order valence-electron chi connectivity index (χ3n) is 3.16. The van der Waals surface area contributed by atoms with Gasteiger partial charge >= 0.3 is 0 Å². The zero-order valence-electron chi connectivity index (χ0n) is 11.2. The summed E-state index contributed by atoms with van der Waals surface area (Å²) in [5.74, 6) is -1.60. The van der Waals surface area contributed by atoms with Gasteiger partial charge in [-0.2, -0.15) is 0 Å². The van der Waals surface area contributed by atoms with Gasteiger partial charge in [-0.1, -0.05) is 41.9 Å². The normalized spacial score (nSPS) is 12.4. The summed E-state index contributed by atoms with van der Waals surface area (Å²) in [5, 5.41) is 3.90. The Balaban J connectivity index is 1.94. The van der Waals surface area contributed by atoms with Crippen molar-refractivity contribution < 1.29 is 8.78 Å². The van der Waals surface area contributed by atoms with Gasteiger partial charge in [0, 0.05) is 23.2 Å². The summed E-state index contributed by atoms with van der Waals surface area (Å²) >= 11 is 6.09. The van der Waals surface area contributed by atoms with Crippen LogP contribution < -0.4 is 5.32 Å². The van der Waals surface area contributed by atoms with Crippen LogP contribution in [-0.4, -0.2) is 6.04 Å². The fraction of sp³-hybridized carbons (Fsp3) is 0.250. The van der Waals surface area contributed by atoms with Crippen LogP contribution in [0.3, 0.4) is 0 Å². The lowest BCUT2D eigenvalue weighted by atomic mass is 10.1. The lowest BCUT2D eigenvalue weighted by molar-refractivity contribution is 0.480. The number of hydrogen-bond donors (Lipinski definition) is 1. The fourth-order valence-electron chi connectivity index (χ4n) is 2.04. The second kappa shape index (κ2) is 6.82. The second-order valence-electron chi connectivity index (χ2n) is 4.79. The molecular weight excluding hydrogens is 280 g/mol. The van der Waals surface area contributed by atoms with Crippen LogP contribution >= 0.6 is 11.6 Å².